The summed E-state index contributed by atoms with van der Waals surface area (Å²) in [5, 5.41) is 6.72. The molecule has 0 saturated heterocycles. The highest BCUT2D eigenvalue weighted by atomic mass is 19.1. The summed E-state index contributed by atoms with van der Waals surface area (Å²) in [5.74, 6) is 0.824. The first kappa shape index (κ1) is 19.8. The number of hydrogen-bond donors (Lipinski definition) is 1. The first-order chi connectivity index (χ1) is 14.3. The zero-order valence-corrected chi connectivity index (χ0v) is 16.9. The van der Waals surface area contributed by atoms with Gasteiger partial charge in [-0.25, -0.2) is 9.37 Å². The minimum absolute atomic E-state index is 0.176. The molecule has 0 saturated carbocycles. The summed E-state index contributed by atoms with van der Waals surface area (Å²) in [5.41, 5.74) is 2.46. The Labute approximate surface area is 172 Å². The first-order valence-corrected chi connectivity index (χ1v) is 9.57. The van der Waals surface area contributed by atoms with Crippen molar-refractivity contribution in [3.63, 3.8) is 0 Å². The molecule has 154 valence electrons. The summed E-state index contributed by atoms with van der Waals surface area (Å²) < 4.78 is 24.0. The third-order valence-electron chi connectivity index (χ3n) is 4.45. The second-order valence-corrected chi connectivity index (χ2v) is 8.02. The highest BCUT2D eigenvalue weighted by molar-refractivity contribution is 5.92. The Morgan fingerprint density at radius 3 is 2.60 bits per heavy atom. The van der Waals surface area contributed by atoms with E-state index in [1.807, 2.05) is 20.8 Å². The average Bonchev–Trinajstić information content (AvgIpc) is 3.33. The highest BCUT2D eigenvalue weighted by Crippen LogP contribution is 2.27. The van der Waals surface area contributed by atoms with Gasteiger partial charge in [0.05, 0.1) is 0 Å². The standard InChI is InChI=1S/C22H21FN4O3/c1-22(2,3)21-25-16-12-15(8-9-17(16)29-21)24-18(28)10-11-19-26-20(27-30-19)13-4-6-14(23)7-5-13/h4-9,12H,10-11H2,1-3H3,(H,24,28). The van der Waals surface area contributed by atoms with Crippen molar-refractivity contribution in [2.75, 3.05) is 5.32 Å². The lowest BCUT2D eigenvalue weighted by Crippen LogP contribution is -2.12. The molecule has 0 aliphatic heterocycles. The zero-order chi connectivity index (χ0) is 21.3. The molecule has 0 unspecified atom stereocenters. The fourth-order valence-corrected chi connectivity index (χ4v) is 2.84. The van der Waals surface area contributed by atoms with Crippen LogP contribution in [0.4, 0.5) is 10.1 Å². The van der Waals surface area contributed by atoms with E-state index in [-0.39, 0.29) is 23.6 Å². The number of aromatic nitrogens is 3. The van der Waals surface area contributed by atoms with Crippen LogP contribution in [0.3, 0.4) is 0 Å². The fraction of sp³-hybridized carbons (Fsp3) is 0.273. The van der Waals surface area contributed by atoms with E-state index in [1.54, 1.807) is 30.3 Å². The van der Waals surface area contributed by atoms with Crippen LogP contribution in [0.15, 0.2) is 51.4 Å². The van der Waals surface area contributed by atoms with E-state index in [9.17, 15) is 9.18 Å². The SMILES string of the molecule is CC(C)(C)c1nc2cc(NC(=O)CCc3nc(-c4ccc(F)cc4)no3)ccc2o1. The molecule has 4 rings (SSSR count). The maximum atomic E-state index is 13.0. The Bertz CT molecular complexity index is 1190. The van der Waals surface area contributed by atoms with Crippen molar-refractivity contribution in [3.8, 4) is 11.4 Å². The lowest BCUT2D eigenvalue weighted by molar-refractivity contribution is -0.116. The van der Waals surface area contributed by atoms with Crippen molar-refractivity contribution in [1.82, 2.24) is 15.1 Å². The number of benzene rings is 2. The van der Waals surface area contributed by atoms with Crippen molar-refractivity contribution in [2.24, 2.45) is 0 Å². The largest absolute Gasteiger partial charge is 0.440 e. The van der Waals surface area contributed by atoms with Crippen LogP contribution in [0.2, 0.25) is 0 Å². The molecule has 1 amide bonds. The van der Waals surface area contributed by atoms with Crippen LogP contribution in [-0.2, 0) is 16.6 Å². The van der Waals surface area contributed by atoms with Gasteiger partial charge in [0.2, 0.25) is 23.5 Å². The van der Waals surface area contributed by atoms with Crippen molar-refractivity contribution in [1.29, 1.82) is 0 Å². The molecule has 7 nitrogen and oxygen atoms in total. The fourth-order valence-electron chi connectivity index (χ4n) is 2.84. The molecule has 2 aromatic heterocycles. The predicted octanol–water partition coefficient (Wildman–Crippen LogP) is 4.89. The number of nitrogens with one attached hydrogen (secondary N) is 1. The molecule has 0 atom stereocenters. The average molecular weight is 408 g/mol. The molecule has 1 N–H and O–H groups in total. The van der Waals surface area contributed by atoms with Gasteiger partial charge in [0.25, 0.3) is 0 Å². The lowest BCUT2D eigenvalue weighted by atomic mass is 9.97. The van der Waals surface area contributed by atoms with Crippen molar-refractivity contribution >= 4 is 22.7 Å². The molecule has 0 bridgehead atoms. The summed E-state index contributed by atoms with van der Waals surface area (Å²) >= 11 is 0. The Morgan fingerprint density at radius 1 is 1.10 bits per heavy atom. The first-order valence-electron chi connectivity index (χ1n) is 9.57. The monoisotopic (exact) mass is 408 g/mol. The van der Waals surface area contributed by atoms with Crippen LogP contribution in [0.1, 0.15) is 39.0 Å². The molecular formula is C22H21FN4O3. The highest BCUT2D eigenvalue weighted by Gasteiger charge is 2.21. The molecule has 30 heavy (non-hydrogen) atoms. The number of oxazole rings is 1. The van der Waals surface area contributed by atoms with E-state index < -0.39 is 0 Å². The lowest BCUT2D eigenvalue weighted by Gasteiger charge is -2.11. The van der Waals surface area contributed by atoms with Crippen molar-refractivity contribution < 1.29 is 18.1 Å². The maximum Gasteiger partial charge on any atom is 0.227 e. The van der Waals surface area contributed by atoms with E-state index in [0.29, 0.717) is 46.4 Å². The number of anilines is 1. The quantitative estimate of drug-likeness (QED) is 0.505. The number of fused-ring (bicyclic) bond motifs is 1. The Balaban J connectivity index is 1.37. The van der Waals surface area contributed by atoms with Crippen molar-refractivity contribution in [2.45, 2.75) is 39.0 Å². The van der Waals surface area contributed by atoms with E-state index in [2.05, 4.69) is 20.4 Å². The molecule has 4 aromatic rings. The molecule has 0 spiro atoms. The van der Waals surface area contributed by atoms with Gasteiger partial charge in [-0.1, -0.05) is 25.9 Å². The molecule has 0 radical (unpaired) electrons. The summed E-state index contributed by atoms with van der Waals surface area (Å²) in [6, 6.07) is 11.1. The summed E-state index contributed by atoms with van der Waals surface area (Å²) in [4.78, 5) is 21.1. The summed E-state index contributed by atoms with van der Waals surface area (Å²) in [6.45, 7) is 6.08. The Kier molecular flexibility index (Phi) is 5.07. The van der Waals surface area contributed by atoms with E-state index in [1.165, 1.54) is 12.1 Å². The minimum Gasteiger partial charge on any atom is -0.440 e. The van der Waals surface area contributed by atoms with Gasteiger partial charge in [0.15, 0.2) is 5.58 Å². The topological polar surface area (TPSA) is 94.1 Å². The number of carbonyl (C=O) groups is 1. The second-order valence-electron chi connectivity index (χ2n) is 8.02. The van der Waals surface area contributed by atoms with Gasteiger partial charge >= 0.3 is 0 Å². The van der Waals surface area contributed by atoms with Gasteiger partial charge in [-0.05, 0) is 42.5 Å². The number of rotatable bonds is 5. The van der Waals surface area contributed by atoms with Gasteiger partial charge in [0, 0.05) is 29.5 Å². The molecule has 8 heteroatoms. The van der Waals surface area contributed by atoms with Gasteiger partial charge in [-0.15, -0.1) is 0 Å². The van der Waals surface area contributed by atoms with Gasteiger partial charge in [0.1, 0.15) is 11.3 Å². The molecule has 0 aliphatic carbocycles. The molecule has 0 aliphatic rings. The van der Waals surface area contributed by atoms with Crippen LogP contribution < -0.4 is 5.32 Å². The smallest absolute Gasteiger partial charge is 0.227 e. The number of halogens is 1. The Hall–Kier alpha value is -3.55. The second kappa shape index (κ2) is 7.70. The molecular weight excluding hydrogens is 387 g/mol. The van der Waals surface area contributed by atoms with Crippen molar-refractivity contribution in [3.05, 3.63) is 60.1 Å². The third kappa shape index (κ3) is 4.37. The number of carbonyl (C=O) groups excluding carboxylic acids is 1. The third-order valence-corrected chi connectivity index (χ3v) is 4.45. The number of hydrogen-bond acceptors (Lipinski definition) is 6. The van der Waals surface area contributed by atoms with Gasteiger partial charge in [-0.3, -0.25) is 4.79 Å². The predicted molar refractivity (Wildman–Crippen MR) is 109 cm³/mol. The van der Waals surface area contributed by atoms with Gasteiger partial charge in [-0.2, -0.15) is 4.98 Å². The summed E-state index contributed by atoms with van der Waals surface area (Å²) in [6.07, 6.45) is 0.468. The number of nitrogens with zero attached hydrogens (tertiary/aromatic N) is 3. The van der Waals surface area contributed by atoms with Gasteiger partial charge < -0.3 is 14.3 Å². The molecule has 0 fully saturated rings. The zero-order valence-electron chi connectivity index (χ0n) is 16.9. The number of amides is 1. The molecule has 2 aromatic carbocycles. The van der Waals surface area contributed by atoms with Crippen LogP contribution in [0, 0.1) is 5.82 Å². The van der Waals surface area contributed by atoms with Crippen LogP contribution in [0.25, 0.3) is 22.5 Å². The molecule has 2 heterocycles. The Morgan fingerprint density at radius 2 is 1.87 bits per heavy atom. The van der Waals surface area contributed by atoms with E-state index in [4.69, 9.17) is 8.94 Å². The van der Waals surface area contributed by atoms with Crippen LogP contribution in [0.5, 0.6) is 0 Å². The van der Waals surface area contributed by atoms with E-state index in [0.717, 1.165) is 0 Å². The number of aryl methyl sites for hydroxylation is 1. The maximum absolute atomic E-state index is 13.0. The van der Waals surface area contributed by atoms with E-state index >= 15 is 0 Å². The summed E-state index contributed by atoms with van der Waals surface area (Å²) in [7, 11) is 0. The normalized spacial score (nSPS) is 11.7. The van der Waals surface area contributed by atoms with Crippen LogP contribution in [-0.4, -0.2) is 21.0 Å². The minimum atomic E-state index is -0.336. The van der Waals surface area contributed by atoms with Crippen LogP contribution >= 0.6 is 0 Å².